The fourth-order valence-electron chi connectivity index (χ4n) is 3.12. The molecule has 0 bridgehead atoms. The SMILES string of the molecule is CN(CCCC[C@@H](Cc1ccc(F)c(Cl)c1)C(=O)NO)Cc1ccc(F)cc1. The van der Waals surface area contributed by atoms with Crippen molar-refractivity contribution < 1.29 is 18.8 Å². The quantitative estimate of drug-likeness (QED) is 0.342. The summed E-state index contributed by atoms with van der Waals surface area (Å²) < 4.78 is 26.2. The van der Waals surface area contributed by atoms with Crippen LogP contribution in [0.5, 0.6) is 0 Å². The maximum absolute atomic E-state index is 13.3. The van der Waals surface area contributed by atoms with E-state index in [2.05, 4.69) is 4.90 Å². The van der Waals surface area contributed by atoms with Gasteiger partial charge in [-0.1, -0.05) is 36.2 Å². The van der Waals surface area contributed by atoms with Crippen molar-refractivity contribution in [3.05, 3.63) is 70.2 Å². The number of rotatable bonds is 10. The van der Waals surface area contributed by atoms with Gasteiger partial charge in [-0.05, 0) is 68.2 Å². The molecule has 1 amide bonds. The second-order valence-electron chi connectivity index (χ2n) is 6.99. The molecule has 2 aromatic rings. The molecule has 0 saturated heterocycles. The van der Waals surface area contributed by atoms with Gasteiger partial charge in [0.05, 0.1) is 5.02 Å². The van der Waals surface area contributed by atoms with Crippen LogP contribution in [0.15, 0.2) is 42.5 Å². The zero-order chi connectivity index (χ0) is 20.5. The highest BCUT2D eigenvalue weighted by atomic mass is 35.5. The standard InChI is InChI=1S/C21H25ClF2N2O2/c1-26(14-15-5-8-18(23)9-6-15)11-3-2-4-17(21(27)25-28)12-16-7-10-20(24)19(22)13-16/h5-10,13,17,28H,2-4,11-12,14H2,1H3,(H,25,27)/t17-/m0/s1. The fraction of sp³-hybridized carbons (Fsp3) is 0.381. The van der Waals surface area contributed by atoms with Crippen LogP contribution < -0.4 is 5.48 Å². The molecular formula is C21H25ClF2N2O2. The van der Waals surface area contributed by atoms with E-state index < -0.39 is 17.6 Å². The molecule has 4 nitrogen and oxygen atoms in total. The predicted molar refractivity (Wildman–Crippen MR) is 105 cm³/mol. The molecule has 0 aliphatic carbocycles. The molecule has 152 valence electrons. The van der Waals surface area contributed by atoms with Crippen molar-refractivity contribution in [2.75, 3.05) is 13.6 Å². The number of nitrogens with zero attached hydrogens (tertiary/aromatic N) is 1. The Labute approximate surface area is 169 Å². The molecule has 2 rings (SSSR count). The first-order valence-electron chi connectivity index (χ1n) is 9.20. The smallest absolute Gasteiger partial charge is 0.246 e. The zero-order valence-corrected chi connectivity index (χ0v) is 16.6. The van der Waals surface area contributed by atoms with Gasteiger partial charge in [0.15, 0.2) is 0 Å². The van der Waals surface area contributed by atoms with Crippen LogP contribution in [0.1, 0.15) is 30.4 Å². The van der Waals surface area contributed by atoms with Crippen LogP contribution >= 0.6 is 11.6 Å². The van der Waals surface area contributed by atoms with Crippen molar-refractivity contribution in [1.82, 2.24) is 10.4 Å². The molecule has 2 aromatic carbocycles. The molecule has 0 aliphatic heterocycles. The number of carbonyl (C=O) groups excluding carboxylic acids is 1. The summed E-state index contributed by atoms with van der Waals surface area (Å²) in [5.41, 5.74) is 3.49. The van der Waals surface area contributed by atoms with Crippen LogP contribution in [-0.2, 0) is 17.8 Å². The maximum Gasteiger partial charge on any atom is 0.246 e. The number of amides is 1. The Hall–Kier alpha value is -2.02. The van der Waals surface area contributed by atoms with Gasteiger partial charge in [0.1, 0.15) is 11.6 Å². The highest BCUT2D eigenvalue weighted by Crippen LogP contribution is 2.21. The van der Waals surface area contributed by atoms with E-state index in [9.17, 15) is 13.6 Å². The highest BCUT2D eigenvalue weighted by Gasteiger charge is 2.19. The third kappa shape index (κ3) is 7.19. The van der Waals surface area contributed by atoms with Crippen molar-refractivity contribution in [3.8, 4) is 0 Å². The van der Waals surface area contributed by atoms with Crippen molar-refractivity contribution in [2.45, 2.75) is 32.2 Å². The number of hydrogen-bond donors (Lipinski definition) is 2. The van der Waals surface area contributed by atoms with E-state index in [1.165, 1.54) is 24.3 Å². The van der Waals surface area contributed by atoms with E-state index in [1.54, 1.807) is 23.7 Å². The number of hydroxylamine groups is 1. The molecule has 7 heteroatoms. The Morgan fingerprint density at radius 3 is 2.46 bits per heavy atom. The Balaban J connectivity index is 1.80. The third-order valence-corrected chi connectivity index (χ3v) is 4.94. The topological polar surface area (TPSA) is 52.6 Å². The van der Waals surface area contributed by atoms with E-state index in [-0.39, 0.29) is 10.8 Å². The second-order valence-corrected chi connectivity index (χ2v) is 7.39. The van der Waals surface area contributed by atoms with Crippen molar-refractivity contribution in [1.29, 1.82) is 0 Å². The summed E-state index contributed by atoms with van der Waals surface area (Å²) in [6, 6.07) is 10.8. The average Bonchev–Trinajstić information content (AvgIpc) is 2.68. The number of benzene rings is 2. The minimum absolute atomic E-state index is 0.0167. The first-order valence-corrected chi connectivity index (χ1v) is 9.57. The van der Waals surface area contributed by atoms with E-state index >= 15 is 0 Å². The lowest BCUT2D eigenvalue weighted by Gasteiger charge is -2.18. The van der Waals surface area contributed by atoms with Gasteiger partial charge in [0.25, 0.3) is 0 Å². The molecule has 0 radical (unpaired) electrons. The second kappa shape index (κ2) is 11.1. The first-order chi connectivity index (χ1) is 13.4. The number of hydrogen-bond acceptors (Lipinski definition) is 3. The summed E-state index contributed by atoms with van der Waals surface area (Å²) in [5.74, 6) is -1.63. The summed E-state index contributed by atoms with van der Waals surface area (Å²) in [6.07, 6.45) is 2.63. The summed E-state index contributed by atoms with van der Waals surface area (Å²) in [7, 11) is 1.99. The van der Waals surface area contributed by atoms with E-state index in [0.717, 1.165) is 37.1 Å². The Bertz CT molecular complexity index is 772. The van der Waals surface area contributed by atoms with Gasteiger partial charge in [0.2, 0.25) is 5.91 Å². The minimum atomic E-state index is -0.502. The molecular weight excluding hydrogens is 386 g/mol. The van der Waals surface area contributed by atoms with E-state index in [1.807, 2.05) is 7.05 Å². The van der Waals surface area contributed by atoms with Crippen LogP contribution in [0.3, 0.4) is 0 Å². The molecule has 1 atom stereocenters. The number of carbonyl (C=O) groups is 1. The number of halogens is 3. The van der Waals surface area contributed by atoms with Gasteiger partial charge < -0.3 is 4.90 Å². The van der Waals surface area contributed by atoms with Crippen molar-refractivity contribution in [2.24, 2.45) is 5.92 Å². The van der Waals surface area contributed by atoms with Gasteiger partial charge in [0, 0.05) is 12.5 Å². The lowest BCUT2D eigenvalue weighted by Crippen LogP contribution is -2.29. The number of unbranched alkanes of at least 4 members (excludes halogenated alkanes) is 1. The lowest BCUT2D eigenvalue weighted by atomic mass is 9.93. The average molecular weight is 411 g/mol. The molecule has 0 spiro atoms. The van der Waals surface area contributed by atoms with Gasteiger partial charge >= 0.3 is 0 Å². The van der Waals surface area contributed by atoms with Gasteiger partial charge in [-0.25, -0.2) is 14.3 Å². The van der Waals surface area contributed by atoms with Crippen LogP contribution in [-0.4, -0.2) is 29.6 Å². The number of nitrogens with one attached hydrogen (secondary N) is 1. The third-order valence-electron chi connectivity index (χ3n) is 4.66. The molecule has 0 aliphatic rings. The monoisotopic (exact) mass is 410 g/mol. The molecule has 0 fully saturated rings. The molecule has 0 heterocycles. The summed E-state index contributed by atoms with van der Waals surface area (Å²) in [4.78, 5) is 14.1. The fourth-order valence-corrected chi connectivity index (χ4v) is 3.32. The Kier molecular flexibility index (Phi) is 8.83. The van der Waals surface area contributed by atoms with Crippen LogP contribution in [0, 0.1) is 17.6 Å². The zero-order valence-electron chi connectivity index (χ0n) is 15.8. The van der Waals surface area contributed by atoms with Crippen LogP contribution in [0.2, 0.25) is 5.02 Å². The lowest BCUT2D eigenvalue weighted by molar-refractivity contribution is -0.133. The predicted octanol–water partition coefficient (Wildman–Crippen LogP) is 4.58. The summed E-state index contributed by atoms with van der Waals surface area (Å²) >= 11 is 5.80. The molecule has 0 aromatic heterocycles. The first kappa shape index (κ1) is 22.3. The van der Waals surface area contributed by atoms with Gasteiger partial charge in [-0.15, -0.1) is 0 Å². The Morgan fingerprint density at radius 2 is 1.82 bits per heavy atom. The van der Waals surface area contributed by atoms with Crippen molar-refractivity contribution in [3.63, 3.8) is 0 Å². The molecule has 2 N–H and O–H groups in total. The largest absolute Gasteiger partial charge is 0.302 e. The highest BCUT2D eigenvalue weighted by molar-refractivity contribution is 6.30. The molecule has 0 saturated carbocycles. The minimum Gasteiger partial charge on any atom is -0.302 e. The normalized spacial score (nSPS) is 12.2. The van der Waals surface area contributed by atoms with Crippen LogP contribution in [0.4, 0.5) is 8.78 Å². The molecule has 28 heavy (non-hydrogen) atoms. The van der Waals surface area contributed by atoms with E-state index in [0.29, 0.717) is 12.8 Å². The maximum atomic E-state index is 13.3. The summed E-state index contributed by atoms with van der Waals surface area (Å²) in [6.45, 7) is 1.54. The molecule has 0 unspecified atom stereocenters. The Morgan fingerprint density at radius 1 is 1.14 bits per heavy atom. The van der Waals surface area contributed by atoms with Gasteiger partial charge in [-0.2, -0.15) is 0 Å². The van der Waals surface area contributed by atoms with E-state index in [4.69, 9.17) is 16.8 Å². The van der Waals surface area contributed by atoms with Crippen LogP contribution in [0.25, 0.3) is 0 Å². The van der Waals surface area contributed by atoms with Crippen molar-refractivity contribution >= 4 is 17.5 Å². The summed E-state index contributed by atoms with van der Waals surface area (Å²) in [5, 5.41) is 9.01. The van der Waals surface area contributed by atoms with Gasteiger partial charge in [-0.3, -0.25) is 10.0 Å².